The third-order valence-electron chi connectivity index (χ3n) is 3.38. The van der Waals surface area contributed by atoms with Crippen LogP contribution in [-0.2, 0) is 21.0 Å². The van der Waals surface area contributed by atoms with Gasteiger partial charge in [0.05, 0.1) is 22.7 Å². The molecule has 0 atom stereocenters. The Labute approximate surface area is 157 Å². The lowest BCUT2D eigenvalue weighted by Crippen LogP contribution is -2.35. The number of carbonyl (C=O) groups is 1. The number of hydrogen-bond donors (Lipinski definition) is 1. The first-order chi connectivity index (χ1) is 12.0. The molecule has 0 aromatic heterocycles. The molecular formula is C16H14BrF3N2O3S. The predicted octanol–water partition coefficient (Wildman–Crippen LogP) is 3.73. The second kappa shape index (κ2) is 7.77. The van der Waals surface area contributed by atoms with Crippen molar-refractivity contribution in [1.82, 2.24) is 4.31 Å². The van der Waals surface area contributed by atoms with Gasteiger partial charge in [0.1, 0.15) is 0 Å². The number of halogens is 4. The number of hydrogen-bond acceptors (Lipinski definition) is 3. The summed E-state index contributed by atoms with van der Waals surface area (Å²) in [5, 5.41) is 2.11. The number of amides is 1. The second-order valence-electron chi connectivity index (χ2n) is 5.31. The van der Waals surface area contributed by atoms with Gasteiger partial charge in [-0.1, -0.05) is 34.1 Å². The largest absolute Gasteiger partial charge is 0.418 e. The standard InChI is InChI=1S/C16H14BrF3N2O3S/c1-22(26(24,25)12-6-4-5-11(17)9-12)10-15(23)21-14-8-3-2-7-13(14)16(18,19)20/h2-9H,10H2,1H3,(H,21,23). The minimum atomic E-state index is -4.64. The summed E-state index contributed by atoms with van der Waals surface area (Å²) in [6, 6.07) is 10.3. The van der Waals surface area contributed by atoms with E-state index in [2.05, 4.69) is 21.2 Å². The Hall–Kier alpha value is -1.91. The van der Waals surface area contributed by atoms with E-state index in [0.717, 1.165) is 16.4 Å². The fraction of sp³-hybridized carbons (Fsp3) is 0.188. The highest BCUT2D eigenvalue weighted by atomic mass is 79.9. The quantitative estimate of drug-likeness (QED) is 0.754. The third-order valence-corrected chi connectivity index (χ3v) is 5.67. The van der Waals surface area contributed by atoms with Crippen molar-refractivity contribution in [2.45, 2.75) is 11.1 Å². The fourth-order valence-electron chi connectivity index (χ4n) is 2.12. The van der Waals surface area contributed by atoms with Crippen LogP contribution in [0.5, 0.6) is 0 Å². The van der Waals surface area contributed by atoms with Gasteiger partial charge in [0.15, 0.2) is 0 Å². The molecule has 1 amide bonds. The van der Waals surface area contributed by atoms with Crippen molar-refractivity contribution in [3.05, 3.63) is 58.6 Å². The third kappa shape index (κ3) is 4.83. The number of para-hydroxylation sites is 1. The van der Waals surface area contributed by atoms with E-state index < -0.39 is 39.9 Å². The number of sulfonamides is 1. The molecule has 0 unspecified atom stereocenters. The average molecular weight is 451 g/mol. The van der Waals surface area contributed by atoms with E-state index in [1.54, 1.807) is 6.07 Å². The molecule has 140 valence electrons. The highest BCUT2D eigenvalue weighted by Gasteiger charge is 2.33. The molecule has 2 rings (SSSR count). The molecule has 0 saturated heterocycles. The van der Waals surface area contributed by atoms with Crippen molar-refractivity contribution < 1.29 is 26.4 Å². The Kier molecular flexibility index (Phi) is 6.09. The van der Waals surface area contributed by atoms with Gasteiger partial charge in [-0.3, -0.25) is 4.79 Å². The van der Waals surface area contributed by atoms with Crippen LogP contribution in [-0.4, -0.2) is 32.2 Å². The second-order valence-corrected chi connectivity index (χ2v) is 8.27. The van der Waals surface area contributed by atoms with Gasteiger partial charge in [0, 0.05) is 11.5 Å². The highest BCUT2D eigenvalue weighted by Crippen LogP contribution is 2.34. The zero-order valence-electron chi connectivity index (χ0n) is 13.4. The monoisotopic (exact) mass is 450 g/mol. The SMILES string of the molecule is CN(CC(=O)Nc1ccccc1C(F)(F)F)S(=O)(=O)c1cccc(Br)c1. The molecule has 26 heavy (non-hydrogen) atoms. The van der Waals surface area contributed by atoms with Gasteiger partial charge in [-0.15, -0.1) is 0 Å². The van der Waals surface area contributed by atoms with Gasteiger partial charge in [0.2, 0.25) is 15.9 Å². The Morgan fingerprint density at radius 2 is 1.81 bits per heavy atom. The molecule has 0 heterocycles. The first-order valence-electron chi connectivity index (χ1n) is 7.20. The molecule has 0 radical (unpaired) electrons. The van der Waals surface area contributed by atoms with E-state index in [1.165, 1.54) is 37.4 Å². The number of nitrogens with one attached hydrogen (secondary N) is 1. The van der Waals surface area contributed by atoms with Crippen LogP contribution in [0.2, 0.25) is 0 Å². The number of rotatable bonds is 5. The molecular weight excluding hydrogens is 437 g/mol. The van der Waals surface area contributed by atoms with E-state index in [-0.39, 0.29) is 4.90 Å². The summed E-state index contributed by atoms with van der Waals surface area (Å²) in [6.07, 6.45) is -4.64. The lowest BCUT2D eigenvalue weighted by Gasteiger charge is -2.18. The van der Waals surface area contributed by atoms with Crippen LogP contribution in [0.25, 0.3) is 0 Å². The highest BCUT2D eigenvalue weighted by molar-refractivity contribution is 9.10. The summed E-state index contributed by atoms with van der Waals surface area (Å²) in [5.41, 5.74) is -1.44. The number of nitrogens with zero attached hydrogens (tertiary/aromatic N) is 1. The number of anilines is 1. The molecule has 5 nitrogen and oxygen atoms in total. The van der Waals surface area contributed by atoms with Crippen LogP contribution in [0.4, 0.5) is 18.9 Å². The van der Waals surface area contributed by atoms with Crippen molar-refractivity contribution in [1.29, 1.82) is 0 Å². The minimum absolute atomic E-state index is 0.0436. The van der Waals surface area contributed by atoms with Crippen LogP contribution in [0.15, 0.2) is 57.9 Å². The normalized spacial score (nSPS) is 12.2. The minimum Gasteiger partial charge on any atom is -0.324 e. The van der Waals surface area contributed by atoms with E-state index >= 15 is 0 Å². The Morgan fingerprint density at radius 1 is 1.15 bits per heavy atom. The number of likely N-dealkylation sites (N-methyl/N-ethyl adjacent to an activating group) is 1. The zero-order chi connectivity index (χ0) is 19.5. The first kappa shape index (κ1) is 20.4. The summed E-state index contributed by atoms with van der Waals surface area (Å²) < 4.78 is 65.0. The maximum Gasteiger partial charge on any atom is 0.418 e. The number of benzene rings is 2. The zero-order valence-corrected chi connectivity index (χ0v) is 15.8. The summed E-state index contributed by atoms with van der Waals surface area (Å²) in [4.78, 5) is 12.0. The molecule has 0 bridgehead atoms. The summed E-state index contributed by atoms with van der Waals surface area (Å²) in [7, 11) is -2.79. The molecule has 0 aliphatic carbocycles. The van der Waals surface area contributed by atoms with E-state index in [4.69, 9.17) is 0 Å². The molecule has 0 aliphatic rings. The molecule has 0 aliphatic heterocycles. The first-order valence-corrected chi connectivity index (χ1v) is 9.43. The molecule has 1 N–H and O–H groups in total. The van der Waals surface area contributed by atoms with Crippen LogP contribution in [0.3, 0.4) is 0 Å². The van der Waals surface area contributed by atoms with E-state index in [1.807, 2.05) is 0 Å². The molecule has 0 spiro atoms. The van der Waals surface area contributed by atoms with Crippen LogP contribution in [0.1, 0.15) is 5.56 Å². The fourth-order valence-corrected chi connectivity index (χ4v) is 3.85. The van der Waals surface area contributed by atoms with Crippen LogP contribution < -0.4 is 5.32 Å². The van der Waals surface area contributed by atoms with Crippen molar-refractivity contribution in [3.8, 4) is 0 Å². The van der Waals surface area contributed by atoms with E-state index in [0.29, 0.717) is 4.47 Å². The van der Waals surface area contributed by atoms with Crippen molar-refractivity contribution in [3.63, 3.8) is 0 Å². The van der Waals surface area contributed by atoms with Crippen molar-refractivity contribution >= 4 is 37.5 Å². The topological polar surface area (TPSA) is 66.5 Å². The Balaban J connectivity index is 2.16. The van der Waals surface area contributed by atoms with Gasteiger partial charge in [-0.2, -0.15) is 17.5 Å². The smallest absolute Gasteiger partial charge is 0.324 e. The molecule has 10 heteroatoms. The van der Waals surface area contributed by atoms with Gasteiger partial charge in [0.25, 0.3) is 0 Å². The predicted molar refractivity (Wildman–Crippen MR) is 94.0 cm³/mol. The van der Waals surface area contributed by atoms with Crippen LogP contribution in [0, 0.1) is 0 Å². The van der Waals surface area contributed by atoms with Crippen molar-refractivity contribution in [2.24, 2.45) is 0 Å². The molecule has 0 fully saturated rings. The average Bonchev–Trinajstić information content (AvgIpc) is 2.54. The van der Waals surface area contributed by atoms with Gasteiger partial charge in [-0.25, -0.2) is 8.42 Å². The number of alkyl halides is 3. The van der Waals surface area contributed by atoms with E-state index in [9.17, 15) is 26.4 Å². The number of carbonyl (C=O) groups excluding carboxylic acids is 1. The summed E-state index contributed by atoms with van der Waals surface area (Å²) >= 11 is 3.16. The Morgan fingerprint density at radius 3 is 2.42 bits per heavy atom. The molecule has 2 aromatic rings. The van der Waals surface area contributed by atoms with Gasteiger partial charge in [-0.05, 0) is 30.3 Å². The lowest BCUT2D eigenvalue weighted by atomic mass is 10.1. The van der Waals surface area contributed by atoms with Crippen LogP contribution >= 0.6 is 15.9 Å². The molecule has 2 aromatic carbocycles. The maximum atomic E-state index is 12.9. The summed E-state index contributed by atoms with van der Waals surface area (Å²) in [5.74, 6) is -0.886. The molecule has 0 saturated carbocycles. The lowest BCUT2D eigenvalue weighted by molar-refractivity contribution is -0.137. The van der Waals surface area contributed by atoms with Gasteiger partial charge < -0.3 is 5.32 Å². The maximum absolute atomic E-state index is 12.9. The van der Waals surface area contributed by atoms with Crippen molar-refractivity contribution in [2.75, 3.05) is 18.9 Å². The van der Waals surface area contributed by atoms with Gasteiger partial charge >= 0.3 is 6.18 Å². The summed E-state index contributed by atoms with van der Waals surface area (Å²) in [6.45, 7) is -0.638. The Bertz CT molecular complexity index is 917.